The quantitative estimate of drug-likeness (QED) is 0.364. The molecule has 0 fully saturated rings. The molecule has 0 aromatic carbocycles. The molecule has 0 aliphatic carbocycles. The van der Waals surface area contributed by atoms with E-state index in [2.05, 4.69) is 0 Å². The second kappa shape index (κ2) is 9.35. The van der Waals surface area contributed by atoms with E-state index in [-0.39, 0.29) is 34.3 Å². The Balaban J connectivity index is -0.0000000450. The van der Waals surface area contributed by atoms with Gasteiger partial charge in [0.05, 0.1) is 7.32 Å². The Kier molecular flexibility index (Phi) is 24.6. The zero-order valence-electron chi connectivity index (χ0n) is 2.80. The minimum Gasteiger partial charge on any atom is -1.00 e. The third-order valence-electron chi connectivity index (χ3n) is 0. The minimum absolute atomic E-state index is 0. The molecule has 3 nitrogen and oxygen atoms in total. The normalized spacial score (nSPS) is 4.50. The van der Waals surface area contributed by atoms with Crippen molar-refractivity contribution < 1.29 is 32.1 Å². The fourth-order valence-corrected chi connectivity index (χ4v) is 0. The third kappa shape index (κ3) is 84.7. The molecule has 0 radical (unpaired) electrons. The van der Waals surface area contributed by atoms with Crippen molar-refractivity contribution >= 4 is 24.7 Å². The predicted molar refractivity (Wildman–Crippen MR) is 13.7 cm³/mol. The molecule has 6 heteroatoms. The number of hydrogen-bond donors (Lipinski definition) is 1. The van der Waals surface area contributed by atoms with E-state index in [4.69, 9.17) is 15.1 Å². The summed E-state index contributed by atoms with van der Waals surface area (Å²) in [6, 6.07) is 0. The predicted octanol–water partition coefficient (Wildman–Crippen LogP) is -6.69. The average Bonchev–Trinajstić information content (AvgIpc) is 0.811. The van der Waals surface area contributed by atoms with Crippen molar-refractivity contribution in [2.45, 2.75) is 0 Å². The number of halogens is 1. The first kappa shape index (κ1) is 15.8. The van der Waals surface area contributed by atoms with Crippen LogP contribution in [-0.4, -0.2) is 29.7 Å². The zero-order chi connectivity index (χ0) is 3.58. The SMILES string of the molecule is [Al+3].[Br-].[O-]B([O-])O. The van der Waals surface area contributed by atoms with Crippen LogP contribution in [0.15, 0.2) is 0 Å². The van der Waals surface area contributed by atoms with Gasteiger partial charge >= 0.3 is 17.4 Å². The molecule has 0 aliphatic rings. The van der Waals surface area contributed by atoms with Crippen LogP contribution >= 0.6 is 0 Å². The molecule has 0 aromatic heterocycles. The molecule has 0 heterocycles. The smallest absolute Gasteiger partial charge is 1.00 e. The van der Waals surface area contributed by atoms with Crippen LogP contribution in [0, 0.1) is 0 Å². The second-order valence-corrected chi connectivity index (χ2v) is 0.307. The summed E-state index contributed by atoms with van der Waals surface area (Å²) in [5.41, 5.74) is 0. The standard InChI is InChI=1S/Al.BHO3.BrH/c;2-1(3)4;/h;2H;1H/q+3;-2;/p-1. The van der Waals surface area contributed by atoms with Crippen LogP contribution in [0.4, 0.5) is 0 Å². The van der Waals surface area contributed by atoms with E-state index >= 15 is 0 Å². The fourth-order valence-electron chi connectivity index (χ4n) is 0. The summed E-state index contributed by atoms with van der Waals surface area (Å²) < 4.78 is 0. The van der Waals surface area contributed by atoms with E-state index in [0.29, 0.717) is 0 Å². The Hall–Kier alpha value is 0.957. The van der Waals surface area contributed by atoms with E-state index in [1.165, 1.54) is 0 Å². The molecule has 0 rings (SSSR count). The van der Waals surface area contributed by atoms with E-state index in [0.717, 1.165) is 0 Å². The largest absolute Gasteiger partial charge is 3.00 e. The maximum atomic E-state index is 8.53. The molecule has 32 valence electrons. The number of rotatable bonds is 0. The van der Waals surface area contributed by atoms with Gasteiger partial charge in [0.25, 0.3) is 0 Å². The Morgan fingerprint density at radius 1 is 1.33 bits per heavy atom. The van der Waals surface area contributed by atoms with Crippen molar-refractivity contribution in [2.24, 2.45) is 0 Å². The summed E-state index contributed by atoms with van der Waals surface area (Å²) in [6.45, 7) is 0. The summed E-state index contributed by atoms with van der Waals surface area (Å²) in [4.78, 5) is 0. The molecule has 0 bridgehead atoms. The van der Waals surface area contributed by atoms with Crippen LogP contribution in [0.1, 0.15) is 0 Å². The maximum Gasteiger partial charge on any atom is 3.00 e. The molecule has 0 unspecified atom stereocenters. The Morgan fingerprint density at radius 2 is 1.33 bits per heavy atom. The van der Waals surface area contributed by atoms with Crippen LogP contribution < -0.4 is 27.0 Å². The first-order chi connectivity index (χ1) is 1.73. The molecule has 0 amide bonds. The van der Waals surface area contributed by atoms with Gasteiger partial charge in [0.2, 0.25) is 0 Å². The van der Waals surface area contributed by atoms with Crippen LogP contribution in [0.2, 0.25) is 0 Å². The van der Waals surface area contributed by atoms with Gasteiger partial charge in [-0.1, -0.05) is 0 Å². The van der Waals surface area contributed by atoms with Gasteiger partial charge in [-0.3, -0.25) is 0 Å². The van der Waals surface area contributed by atoms with Crippen molar-refractivity contribution in [1.82, 2.24) is 0 Å². The molecule has 0 saturated carbocycles. The molecule has 1 N–H and O–H groups in total. The van der Waals surface area contributed by atoms with Gasteiger partial charge in [-0.25, -0.2) is 0 Å². The van der Waals surface area contributed by atoms with Crippen molar-refractivity contribution in [3.05, 3.63) is 0 Å². The summed E-state index contributed by atoms with van der Waals surface area (Å²) in [7, 11) is -2.67. The first-order valence-electron chi connectivity index (χ1n) is 0.730. The average molecular weight is 167 g/mol. The third-order valence-corrected chi connectivity index (χ3v) is 0. The zero-order valence-corrected chi connectivity index (χ0v) is 5.54. The summed E-state index contributed by atoms with van der Waals surface area (Å²) >= 11 is 0. The van der Waals surface area contributed by atoms with Crippen LogP contribution in [-0.2, 0) is 0 Å². The molecule has 0 saturated heterocycles. The van der Waals surface area contributed by atoms with Crippen molar-refractivity contribution in [2.75, 3.05) is 0 Å². The Bertz CT molecular complexity index is 15.5. The number of hydrogen-bond acceptors (Lipinski definition) is 3. The van der Waals surface area contributed by atoms with Gasteiger partial charge in [-0.15, -0.1) is 0 Å². The molecule has 6 heavy (non-hydrogen) atoms. The Morgan fingerprint density at radius 3 is 1.33 bits per heavy atom. The van der Waals surface area contributed by atoms with Crippen molar-refractivity contribution in [3.8, 4) is 0 Å². The monoisotopic (exact) mass is 166 g/mol. The first-order valence-corrected chi connectivity index (χ1v) is 0.730. The molecule has 0 atom stereocenters. The summed E-state index contributed by atoms with van der Waals surface area (Å²) in [6.07, 6.45) is 0. The summed E-state index contributed by atoms with van der Waals surface area (Å²) in [5, 5.41) is 24.0. The summed E-state index contributed by atoms with van der Waals surface area (Å²) in [5.74, 6) is 0. The Labute approximate surface area is 57.1 Å². The van der Waals surface area contributed by atoms with Crippen LogP contribution in [0.25, 0.3) is 0 Å². The van der Waals surface area contributed by atoms with Crippen molar-refractivity contribution in [1.29, 1.82) is 0 Å². The van der Waals surface area contributed by atoms with Crippen LogP contribution in [0.5, 0.6) is 0 Å². The topological polar surface area (TPSA) is 66.3 Å². The fraction of sp³-hybridized carbons (Fsp3) is 0. The second-order valence-electron chi connectivity index (χ2n) is 0.307. The van der Waals surface area contributed by atoms with Crippen LogP contribution in [0.3, 0.4) is 0 Å². The molecule has 0 aliphatic heterocycles. The van der Waals surface area contributed by atoms with Gasteiger partial charge in [-0.05, 0) is 0 Å². The van der Waals surface area contributed by atoms with E-state index < -0.39 is 7.32 Å². The van der Waals surface area contributed by atoms with Gasteiger partial charge < -0.3 is 32.1 Å². The molecule has 0 aromatic rings. The minimum atomic E-state index is -2.67. The van der Waals surface area contributed by atoms with Gasteiger partial charge in [0.1, 0.15) is 0 Å². The van der Waals surface area contributed by atoms with E-state index in [9.17, 15) is 0 Å². The van der Waals surface area contributed by atoms with E-state index in [1.54, 1.807) is 0 Å². The molecular weight excluding hydrogens is 166 g/mol. The molecular formula is HAlBBrO3. The maximum absolute atomic E-state index is 8.53. The molecule has 0 spiro atoms. The van der Waals surface area contributed by atoms with E-state index in [1.807, 2.05) is 0 Å². The van der Waals surface area contributed by atoms with Gasteiger partial charge in [0, 0.05) is 0 Å². The van der Waals surface area contributed by atoms with Gasteiger partial charge in [-0.2, -0.15) is 0 Å². The van der Waals surface area contributed by atoms with Gasteiger partial charge in [0.15, 0.2) is 0 Å². The van der Waals surface area contributed by atoms with Crippen molar-refractivity contribution in [3.63, 3.8) is 0 Å².